The normalized spacial score (nSPS) is 9.67. The summed E-state index contributed by atoms with van der Waals surface area (Å²) in [5.41, 5.74) is 0.0337. The van der Waals surface area contributed by atoms with Gasteiger partial charge in [0, 0.05) is 13.1 Å². The van der Waals surface area contributed by atoms with Gasteiger partial charge in [0.2, 0.25) is 5.91 Å². The van der Waals surface area contributed by atoms with Crippen LogP contribution in [0.5, 0.6) is 0 Å². The molecule has 6 heteroatoms. The molecule has 1 aromatic carbocycles. The van der Waals surface area contributed by atoms with Crippen molar-refractivity contribution in [1.29, 1.82) is 0 Å². The first kappa shape index (κ1) is 11.5. The summed E-state index contributed by atoms with van der Waals surface area (Å²) in [7, 11) is 1.53. The monoisotopic (exact) mass is 226 g/mol. The molecule has 1 amide bonds. The summed E-state index contributed by atoms with van der Waals surface area (Å²) >= 11 is 1.15. The van der Waals surface area contributed by atoms with Gasteiger partial charge in [0.05, 0.1) is 15.6 Å². The number of nitrogens with zero attached hydrogens (tertiary/aromatic N) is 1. The Hall–Kier alpha value is -1.56. The molecule has 80 valence electrons. The number of carbonyl (C=O) groups is 1. The summed E-state index contributed by atoms with van der Waals surface area (Å²) in [6.07, 6.45) is 0. The Morgan fingerprint density at radius 3 is 2.80 bits per heavy atom. The molecule has 1 rings (SSSR count). The van der Waals surface area contributed by atoms with Crippen molar-refractivity contribution < 1.29 is 9.72 Å². The average molecular weight is 226 g/mol. The van der Waals surface area contributed by atoms with E-state index in [9.17, 15) is 14.9 Å². The van der Waals surface area contributed by atoms with Crippen molar-refractivity contribution in [1.82, 2.24) is 5.32 Å². The fourth-order valence-electron chi connectivity index (χ4n) is 0.946. The zero-order valence-corrected chi connectivity index (χ0v) is 8.91. The van der Waals surface area contributed by atoms with Crippen LogP contribution in [0.15, 0.2) is 29.2 Å². The molecule has 0 radical (unpaired) electrons. The molecule has 0 unspecified atom stereocenters. The Labute approximate surface area is 91.0 Å². The van der Waals surface area contributed by atoms with Gasteiger partial charge >= 0.3 is 0 Å². The zero-order valence-electron chi connectivity index (χ0n) is 8.10. The molecule has 0 aliphatic rings. The summed E-state index contributed by atoms with van der Waals surface area (Å²) < 4.78 is 0. The highest BCUT2D eigenvalue weighted by Gasteiger charge is 2.13. The average Bonchev–Trinajstić information content (AvgIpc) is 2.26. The molecule has 0 atom stereocenters. The molecule has 1 aromatic rings. The minimum absolute atomic E-state index is 0.0337. The second kappa shape index (κ2) is 5.35. The van der Waals surface area contributed by atoms with Gasteiger partial charge in [-0.3, -0.25) is 14.9 Å². The lowest BCUT2D eigenvalue weighted by Gasteiger charge is -2.01. The van der Waals surface area contributed by atoms with Gasteiger partial charge in [-0.25, -0.2) is 0 Å². The molecule has 0 heterocycles. The number of amides is 1. The molecule has 0 aromatic heterocycles. The molecular weight excluding hydrogens is 216 g/mol. The SMILES string of the molecule is CNC(=O)CSc1ccccc1[N+](=O)[O-]. The maximum absolute atomic E-state index is 11.0. The van der Waals surface area contributed by atoms with Crippen molar-refractivity contribution in [2.75, 3.05) is 12.8 Å². The Balaban J connectivity index is 2.76. The van der Waals surface area contributed by atoms with Gasteiger partial charge in [-0.2, -0.15) is 0 Å². The van der Waals surface area contributed by atoms with E-state index in [2.05, 4.69) is 5.32 Å². The molecule has 0 fully saturated rings. The third kappa shape index (κ3) is 3.25. The van der Waals surface area contributed by atoms with Crippen molar-refractivity contribution in [3.05, 3.63) is 34.4 Å². The van der Waals surface area contributed by atoms with Gasteiger partial charge in [0.1, 0.15) is 0 Å². The van der Waals surface area contributed by atoms with Crippen LogP contribution in [-0.2, 0) is 4.79 Å². The van der Waals surface area contributed by atoms with Crippen LogP contribution in [0.1, 0.15) is 0 Å². The minimum Gasteiger partial charge on any atom is -0.358 e. The zero-order chi connectivity index (χ0) is 11.3. The summed E-state index contributed by atoms with van der Waals surface area (Å²) in [5.74, 6) is 0.0274. The van der Waals surface area contributed by atoms with E-state index in [1.54, 1.807) is 18.2 Å². The molecule has 0 spiro atoms. The molecule has 5 nitrogen and oxygen atoms in total. The first-order valence-electron chi connectivity index (χ1n) is 4.22. The van der Waals surface area contributed by atoms with Crippen LogP contribution >= 0.6 is 11.8 Å². The topological polar surface area (TPSA) is 72.2 Å². The predicted octanol–water partition coefficient (Wildman–Crippen LogP) is 1.43. The lowest BCUT2D eigenvalue weighted by atomic mass is 10.3. The first-order valence-corrected chi connectivity index (χ1v) is 5.20. The first-order chi connectivity index (χ1) is 7.15. The van der Waals surface area contributed by atoms with Gasteiger partial charge in [0.25, 0.3) is 5.69 Å². The summed E-state index contributed by atoms with van der Waals surface area (Å²) in [6.45, 7) is 0. The number of nitro groups is 1. The molecule has 0 aliphatic carbocycles. The Bertz CT molecular complexity index is 381. The van der Waals surface area contributed by atoms with E-state index in [-0.39, 0.29) is 17.3 Å². The number of para-hydroxylation sites is 1. The number of nitro benzene ring substituents is 1. The molecule has 0 aliphatic heterocycles. The van der Waals surface area contributed by atoms with Crippen molar-refractivity contribution in [3.8, 4) is 0 Å². The van der Waals surface area contributed by atoms with Gasteiger partial charge in [-0.1, -0.05) is 12.1 Å². The number of hydrogen-bond donors (Lipinski definition) is 1. The summed E-state index contributed by atoms with van der Waals surface area (Å²) in [4.78, 5) is 21.6. The van der Waals surface area contributed by atoms with Gasteiger partial charge in [0.15, 0.2) is 0 Å². The van der Waals surface area contributed by atoms with E-state index < -0.39 is 4.92 Å². The van der Waals surface area contributed by atoms with E-state index >= 15 is 0 Å². The number of thioether (sulfide) groups is 1. The van der Waals surface area contributed by atoms with Crippen LogP contribution in [-0.4, -0.2) is 23.6 Å². The third-order valence-corrected chi connectivity index (χ3v) is 2.76. The highest BCUT2D eigenvalue weighted by molar-refractivity contribution is 8.00. The molecule has 0 bridgehead atoms. The Kier molecular flexibility index (Phi) is 4.11. The molecule has 15 heavy (non-hydrogen) atoms. The third-order valence-electron chi connectivity index (χ3n) is 1.70. The van der Waals surface area contributed by atoms with Crippen molar-refractivity contribution >= 4 is 23.4 Å². The van der Waals surface area contributed by atoms with E-state index in [4.69, 9.17) is 0 Å². The molecular formula is C9H10N2O3S. The molecule has 1 N–H and O–H groups in total. The highest BCUT2D eigenvalue weighted by atomic mass is 32.2. The van der Waals surface area contributed by atoms with Crippen LogP contribution in [0.25, 0.3) is 0 Å². The summed E-state index contributed by atoms with van der Waals surface area (Å²) in [6, 6.07) is 6.36. The number of benzene rings is 1. The standard InChI is InChI=1S/C9H10N2O3S/c1-10-9(12)6-15-8-5-3-2-4-7(8)11(13)14/h2-5H,6H2,1H3,(H,10,12). The number of rotatable bonds is 4. The fourth-order valence-corrected chi connectivity index (χ4v) is 1.84. The summed E-state index contributed by atoms with van der Waals surface area (Å²) in [5, 5.41) is 13.1. The number of carbonyl (C=O) groups excluding carboxylic acids is 1. The van der Waals surface area contributed by atoms with Crippen molar-refractivity contribution in [2.45, 2.75) is 4.90 Å². The highest BCUT2D eigenvalue weighted by Crippen LogP contribution is 2.28. The van der Waals surface area contributed by atoms with Crippen molar-refractivity contribution in [3.63, 3.8) is 0 Å². The Morgan fingerprint density at radius 2 is 2.20 bits per heavy atom. The second-order valence-electron chi connectivity index (χ2n) is 2.69. The molecule has 0 saturated heterocycles. The van der Waals surface area contributed by atoms with Crippen LogP contribution in [0, 0.1) is 10.1 Å². The fraction of sp³-hybridized carbons (Fsp3) is 0.222. The van der Waals surface area contributed by atoms with E-state index in [0.717, 1.165) is 11.8 Å². The minimum atomic E-state index is -0.452. The Morgan fingerprint density at radius 1 is 1.53 bits per heavy atom. The van der Waals surface area contributed by atoms with E-state index in [0.29, 0.717) is 4.90 Å². The number of hydrogen-bond acceptors (Lipinski definition) is 4. The quantitative estimate of drug-likeness (QED) is 0.479. The molecule has 0 saturated carbocycles. The second-order valence-corrected chi connectivity index (χ2v) is 3.70. The van der Waals surface area contributed by atoms with Crippen LogP contribution in [0.4, 0.5) is 5.69 Å². The smallest absolute Gasteiger partial charge is 0.282 e. The predicted molar refractivity (Wildman–Crippen MR) is 57.9 cm³/mol. The largest absolute Gasteiger partial charge is 0.358 e. The van der Waals surface area contributed by atoms with Crippen molar-refractivity contribution in [2.24, 2.45) is 0 Å². The van der Waals surface area contributed by atoms with E-state index in [1.165, 1.54) is 13.1 Å². The lowest BCUT2D eigenvalue weighted by Crippen LogP contribution is -2.19. The number of nitrogens with one attached hydrogen (secondary N) is 1. The maximum Gasteiger partial charge on any atom is 0.282 e. The van der Waals surface area contributed by atoms with Crippen LogP contribution in [0.2, 0.25) is 0 Å². The van der Waals surface area contributed by atoms with Crippen LogP contribution in [0.3, 0.4) is 0 Å². The van der Waals surface area contributed by atoms with Gasteiger partial charge in [-0.05, 0) is 6.07 Å². The van der Waals surface area contributed by atoms with Gasteiger partial charge in [-0.15, -0.1) is 11.8 Å². The lowest BCUT2D eigenvalue weighted by molar-refractivity contribution is -0.387. The maximum atomic E-state index is 11.0. The van der Waals surface area contributed by atoms with E-state index in [1.807, 2.05) is 0 Å². The van der Waals surface area contributed by atoms with Gasteiger partial charge < -0.3 is 5.32 Å². The van der Waals surface area contributed by atoms with Crippen LogP contribution < -0.4 is 5.32 Å².